The van der Waals surface area contributed by atoms with Gasteiger partial charge >= 0.3 is 0 Å². The molecule has 0 aliphatic carbocycles. The van der Waals surface area contributed by atoms with Crippen LogP contribution in [0.15, 0.2) is 129 Å². The van der Waals surface area contributed by atoms with Gasteiger partial charge in [-0.05, 0) is 36.4 Å². The average Bonchev–Trinajstić information content (AvgIpc) is 2.79. The Morgan fingerprint density at radius 2 is 0.828 bits per heavy atom. The van der Waals surface area contributed by atoms with E-state index in [0.717, 1.165) is 32.3 Å². The molecule has 0 amide bonds. The molecule has 29 heavy (non-hydrogen) atoms. The molecule has 2 nitrogen and oxygen atoms in total. The third-order valence-corrected chi connectivity index (χ3v) is 5.46. The van der Waals surface area contributed by atoms with Crippen LogP contribution in [-0.4, -0.2) is 12.4 Å². The zero-order valence-electron chi connectivity index (χ0n) is 15.8. The van der Waals surface area contributed by atoms with Gasteiger partial charge in [-0.1, -0.05) is 84.6 Å². The Morgan fingerprint density at radius 3 is 1.28 bits per heavy atom. The Kier molecular flexibility index (Phi) is 6.31. The topological polar surface area (TPSA) is 24.7 Å². The lowest BCUT2D eigenvalue weighted by Gasteiger charge is -2.08. The molecule has 0 aliphatic heterocycles. The Morgan fingerprint density at radius 1 is 0.448 bits per heavy atom. The second kappa shape index (κ2) is 9.67. The van der Waals surface area contributed by atoms with E-state index in [1.165, 1.54) is 0 Å². The van der Waals surface area contributed by atoms with E-state index >= 15 is 0 Å². The van der Waals surface area contributed by atoms with Crippen molar-refractivity contribution in [3.63, 3.8) is 0 Å². The Hall–Kier alpha value is -3.43. The number of para-hydroxylation sites is 2. The van der Waals surface area contributed by atoms with Crippen LogP contribution in [0, 0.1) is 0 Å². The van der Waals surface area contributed by atoms with Crippen LogP contribution in [0.1, 0.15) is 11.1 Å². The summed E-state index contributed by atoms with van der Waals surface area (Å²) in [5.74, 6) is 0. The van der Waals surface area contributed by atoms with E-state index in [0.29, 0.717) is 0 Å². The van der Waals surface area contributed by atoms with Crippen molar-refractivity contribution in [2.75, 3.05) is 0 Å². The second-order valence-corrected chi connectivity index (χ2v) is 7.45. The Balaban J connectivity index is 1.59. The van der Waals surface area contributed by atoms with Crippen molar-refractivity contribution in [1.82, 2.24) is 0 Å². The van der Waals surface area contributed by atoms with Gasteiger partial charge in [-0.25, -0.2) is 0 Å². The summed E-state index contributed by atoms with van der Waals surface area (Å²) in [6.07, 6.45) is 3.86. The summed E-state index contributed by atoms with van der Waals surface area (Å²) in [6, 6.07) is 36.6. The van der Waals surface area contributed by atoms with Gasteiger partial charge in [0.15, 0.2) is 0 Å². The Bertz CT molecular complexity index is 1030. The third kappa shape index (κ3) is 5.31. The lowest BCUT2D eigenvalue weighted by atomic mass is 10.2. The maximum Gasteiger partial charge on any atom is 0.0629 e. The van der Waals surface area contributed by atoms with Crippen molar-refractivity contribution < 1.29 is 0 Å². The highest BCUT2D eigenvalue weighted by Crippen LogP contribution is 2.32. The van der Waals surface area contributed by atoms with Crippen molar-refractivity contribution >= 4 is 35.6 Å². The molecule has 0 atom stereocenters. The molecule has 140 valence electrons. The predicted molar refractivity (Wildman–Crippen MR) is 124 cm³/mol. The van der Waals surface area contributed by atoms with Crippen LogP contribution in [0.25, 0.3) is 0 Å². The summed E-state index contributed by atoms with van der Waals surface area (Å²) in [5, 5.41) is 0. The minimum Gasteiger partial charge on any atom is -0.256 e. The molecular weight excluding hydrogens is 372 g/mol. The van der Waals surface area contributed by atoms with Crippen molar-refractivity contribution in [2.24, 2.45) is 9.98 Å². The Labute approximate surface area is 175 Å². The van der Waals surface area contributed by atoms with E-state index in [1.54, 1.807) is 11.8 Å². The molecule has 4 rings (SSSR count). The maximum atomic E-state index is 4.61. The molecule has 0 radical (unpaired) electrons. The quantitative estimate of drug-likeness (QED) is 0.315. The molecule has 0 bridgehead atoms. The SMILES string of the molecule is C(=Nc1ccccc1)c1ccccc1Sc1ccccc1C=Nc1ccccc1. The predicted octanol–water partition coefficient (Wildman–Crippen LogP) is 7.34. The van der Waals surface area contributed by atoms with E-state index in [9.17, 15) is 0 Å². The molecule has 0 aromatic heterocycles. The first-order valence-corrected chi connectivity index (χ1v) is 10.2. The lowest BCUT2D eigenvalue weighted by molar-refractivity contribution is 1.37. The minimum atomic E-state index is 0.947. The van der Waals surface area contributed by atoms with Gasteiger partial charge in [-0.2, -0.15) is 0 Å². The first-order chi connectivity index (χ1) is 14.4. The van der Waals surface area contributed by atoms with E-state index in [4.69, 9.17) is 0 Å². The smallest absolute Gasteiger partial charge is 0.0629 e. The number of hydrogen-bond donors (Lipinski definition) is 0. The summed E-state index contributed by atoms with van der Waals surface area (Å²) in [7, 11) is 0. The highest BCUT2D eigenvalue weighted by Gasteiger charge is 2.06. The average molecular weight is 393 g/mol. The minimum absolute atomic E-state index is 0.947. The van der Waals surface area contributed by atoms with Gasteiger partial charge in [-0.3, -0.25) is 9.98 Å². The van der Waals surface area contributed by atoms with Crippen molar-refractivity contribution in [2.45, 2.75) is 9.79 Å². The molecule has 0 saturated carbocycles. The first-order valence-electron chi connectivity index (χ1n) is 9.43. The zero-order chi connectivity index (χ0) is 19.7. The molecular formula is C26H20N2S. The zero-order valence-corrected chi connectivity index (χ0v) is 16.7. The monoisotopic (exact) mass is 392 g/mol. The fourth-order valence-electron chi connectivity index (χ4n) is 2.80. The molecule has 0 unspecified atom stereocenters. The molecule has 0 heterocycles. The van der Waals surface area contributed by atoms with Crippen molar-refractivity contribution in [1.29, 1.82) is 0 Å². The molecule has 4 aromatic rings. The van der Waals surface area contributed by atoms with Gasteiger partial charge in [0.05, 0.1) is 11.4 Å². The van der Waals surface area contributed by atoms with Gasteiger partial charge in [-0.15, -0.1) is 0 Å². The summed E-state index contributed by atoms with van der Waals surface area (Å²) >= 11 is 1.73. The number of hydrogen-bond acceptors (Lipinski definition) is 3. The lowest BCUT2D eigenvalue weighted by Crippen LogP contribution is -1.89. The van der Waals surface area contributed by atoms with E-state index < -0.39 is 0 Å². The van der Waals surface area contributed by atoms with Crippen molar-refractivity contribution in [3.8, 4) is 0 Å². The third-order valence-electron chi connectivity index (χ3n) is 4.28. The number of rotatable bonds is 6. The van der Waals surface area contributed by atoms with Crippen LogP contribution < -0.4 is 0 Å². The second-order valence-electron chi connectivity index (χ2n) is 6.37. The van der Waals surface area contributed by atoms with Crippen LogP contribution in [0.5, 0.6) is 0 Å². The standard InChI is InChI=1S/C26H20N2S/c1-3-13-23(14-4-1)27-19-21-11-7-9-17-25(21)29-26-18-10-8-12-22(26)20-28-24-15-5-2-6-16-24/h1-20H. The largest absolute Gasteiger partial charge is 0.256 e. The highest BCUT2D eigenvalue weighted by atomic mass is 32.2. The molecule has 0 N–H and O–H groups in total. The fraction of sp³-hybridized carbons (Fsp3) is 0. The normalized spacial score (nSPS) is 11.3. The van der Waals surface area contributed by atoms with Gasteiger partial charge in [0, 0.05) is 33.3 Å². The number of nitrogens with zero attached hydrogens (tertiary/aromatic N) is 2. The first kappa shape index (κ1) is 18.9. The molecule has 3 heteroatoms. The number of benzene rings is 4. The molecule has 0 saturated heterocycles. The van der Waals surface area contributed by atoms with Gasteiger partial charge < -0.3 is 0 Å². The summed E-state index contributed by atoms with van der Waals surface area (Å²) in [4.78, 5) is 11.5. The van der Waals surface area contributed by atoms with Gasteiger partial charge in [0.25, 0.3) is 0 Å². The van der Waals surface area contributed by atoms with E-state index in [-0.39, 0.29) is 0 Å². The molecule has 0 aliphatic rings. The summed E-state index contributed by atoms with van der Waals surface area (Å²) in [6.45, 7) is 0. The van der Waals surface area contributed by atoms with Gasteiger partial charge in [0.2, 0.25) is 0 Å². The van der Waals surface area contributed by atoms with Crippen molar-refractivity contribution in [3.05, 3.63) is 120 Å². The van der Waals surface area contributed by atoms with Crippen LogP contribution in [0.4, 0.5) is 11.4 Å². The van der Waals surface area contributed by atoms with Crippen LogP contribution in [-0.2, 0) is 0 Å². The van der Waals surface area contributed by atoms with Gasteiger partial charge in [0.1, 0.15) is 0 Å². The highest BCUT2D eigenvalue weighted by molar-refractivity contribution is 7.99. The molecule has 0 fully saturated rings. The van der Waals surface area contributed by atoms with Crippen LogP contribution >= 0.6 is 11.8 Å². The van der Waals surface area contributed by atoms with E-state index in [1.807, 2.05) is 85.2 Å². The summed E-state index contributed by atoms with van der Waals surface area (Å²) in [5.41, 5.74) is 4.08. The molecule has 4 aromatic carbocycles. The number of aliphatic imine (C=N–C) groups is 2. The van der Waals surface area contributed by atoms with E-state index in [2.05, 4.69) is 46.4 Å². The van der Waals surface area contributed by atoms with Crippen LogP contribution in [0.2, 0.25) is 0 Å². The summed E-state index contributed by atoms with van der Waals surface area (Å²) < 4.78 is 0. The molecule has 0 spiro atoms. The van der Waals surface area contributed by atoms with Crippen LogP contribution in [0.3, 0.4) is 0 Å². The fourth-order valence-corrected chi connectivity index (χ4v) is 3.80. The maximum absolute atomic E-state index is 4.61.